The van der Waals surface area contributed by atoms with Gasteiger partial charge in [0, 0.05) is 11.8 Å². The summed E-state index contributed by atoms with van der Waals surface area (Å²) >= 11 is 0. The van der Waals surface area contributed by atoms with Crippen molar-refractivity contribution in [1.29, 1.82) is 0 Å². The molecule has 1 aromatic carbocycles. The van der Waals surface area contributed by atoms with Crippen LogP contribution in [0.2, 0.25) is 0 Å². The Hall–Kier alpha value is -2.43. The highest BCUT2D eigenvalue weighted by Crippen LogP contribution is 2.24. The molecular weight excluding hydrogens is 268 g/mol. The van der Waals surface area contributed by atoms with Crippen LogP contribution in [-0.2, 0) is 17.6 Å². The summed E-state index contributed by atoms with van der Waals surface area (Å²) in [4.78, 5) is 23.6. The van der Waals surface area contributed by atoms with Gasteiger partial charge in [-0.15, -0.1) is 0 Å². The lowest BCUT2D eigenvalue weighted by Crippen LogP contribution is -2.24. The Kier molecular flexibility index (Phi) is 3.33. The van der Waals surface area contributed by atoms with Crippen LogP contribution in [0.3, 0.4) is 0 Å². The Bertz CT molecular complexity index is 778. The maximum atomic E-state index is 12.0. The second-order valence-electron chi connectivity index (χ2n) is 5.23. The largest absolute Gasteiger partial charge is 0.464 e. The van der Waals surface area contributed by atoms with Gasteiger partial charge in [0.05, 0.1) is 12.8 Å². The molecule has 21 heavy (non-hydrogen) atoms. The van der Waals surface area contributed by atoms with E-state index >= 15 is 0 Å². The standard InChI is InChI=1S/C16H16N2O3/c1-10-9-18(17-14(15(10)19)16(20)21-2)13-7-6-11-4-3-5-12(11)8-13/h6-9H,3-5H2,1-2H3. The summed E-state index contributed by atoms with van der Waals surface area (Å²) in [6.07, 6.45) is 4.99. The zero-order valence-corrected chi connectivity index (χ0v) is 12.0. The van der Waals surface area contributed by atoms with Gasteiger partial charge >= 0.3 is 5.97 Å². The van der Waals surface area contributed by atoms with Crippen molar-refractivity contribution < 1.29 is 9.53 Å². The highest BCUT2D eigenvalue weighted by molar-refractivity contribution is 5.87. The van der Waals surface area contributed by atoms with Crippen molar-refractivity contribution in [3.63, 3.8) is 0 Å². The first-order valence-corrected chi connectivity index (χ1v) is 6.91. The van der Waals surface area contributed by atoms with Gasteiger partial charge in [-0.1, -0.05) is 6.07 Å². The van der Waals surface area contributed by atoms with Crippen LogP contribution < -0.4 is 5.43 Å². The number of ether oxygens (including phenoxy) is 1. The summed E-state index contributed by atoms with van der Waals surface area (Å²) in [5.74, 6) is -0.710. The van der Waals surface area contributed by atoms with E-state index in [1.165, 1.54) is 24.7 Å². The number of fused-ring (bicyclic) bond motifs is 1. The second kappa shape index (κ2) is 5.16. The summed E-state index contributed by atoms with van der Waals surface area (Å²) in [5.41, 5.74) is 3.42. The Morgan fingerprint density at radius 3 is 2.81 bits per heavy atom. The maximum absolute atomic E-state index is 12.0. The SMILES string of the molecule is COC(=O)c1nn(-c2ccc3c(c2)CCC3)cc(C)c1=O. The monoisotopic (exact) mass is 284 g/mol. The number of hydrogen-bond donors (Lipinski definition) is 0. The fourth-order valence-electron chi connectivity index (χ4n) is 2.67. The highest BCUT2D eigenvalue weighted by atomic mass is 16.5. The Morgan fingerprint density at radius 2 is 2.05 bits per heavy atom. The molecular formula is C16H16N2O3. The minimum absolute atomic E-state index is 0.182. The van der Waals surface area contributed by atoms with Gasteiger partial charge in [0.15, 0.2) is 0 Å². The highest BCUT2D eigenvalue weighted by Gasteiger charge is 2.17. The van der Waals surface area contributed by atoms with Gasteiger partial charge in [-0.2, -0.15) is 5.10 Å². The molecule has 1 aliphatic carbocycles. The van der Waals surface area contributed by atoms with Crippen molar-refractivity contribution in [2.45, 2.75) is 26.2 Å². The third kappa shape index (κ3) is 2.35. The third-order valence-corrected chi connectivity index (χ3v) is 3.82. The number of aromatic nitrogens is 2. The maximum Gasteiger partial charge on any atom is 0.362 e. The molecule has 0 fully saturated rings. The molecule has 0 amide bonds. The number of rotatable bonds is 2. The summed E-state index contributed by atoms with van der Waals surface area (Å²) < 4.78 is 6.19. The lowest BCUT2D eigenvalue weighted by molar-refractivity contribution is 0.0590. The van der Waals surface area contributed by atoms with Gasteiger partial charge in [0.2, 0.25) is 11.1 Å². The van der Waals surface area contributed by atoms with Gasteiger partial charge in [0.25, 0.3) is 0 Å². The topological polar surface area (TPSA) is 61.2 Å². The van der Waals surface area contributed by atoms with E-state index in [1.54, 1.807) is 17.8 Å². The minimum atomic E-state index is -0.710. The average molecular weight is 284 g/mol. The Balaban J connectivity index is 2.12. The quantitative estimate of drug-likeness (QED) is 0.789. The molecule has 5 nitrogen and oxygen atoms in total. The molecule has 0 atom stereocenters. The van der Waals surface area contributed by atoms with Crippen LogP contribution in [0.4, 0.5) is 0 Å². The molecule has 2 aromatic rings. The number of aryl methyl sites for hydroxylation is 3. The Morgan fingerprint density at radius 1 is 1.29 bits per heavy atom. The van der Waals surface area contributed by atoms with E-state index in [-0.39, 0.29) is 11.1 Å². The van der Waals surface area contributed by atoms with Gasteiger partial charge in [-0.05, 0) is 49.4 Å². The first-order chi connectivity index (χ1) is 10.1. The van der Waals surface area contributed by atoms with Gasteiger partial charge in [-0.25, -0.2) is 9.48 Å². The van der Waals surface area contributed by atoms with Crippen LogP contribution in [0, 0.1) is 6.92 Å². The molecule has 108 valence electrons. The zero-order valence-electron chi connectivity index (χ0n) is 12.0. The number of hydrogen-bond acceptors (Lipinski definition) is 4. The fraction of sp³-hybridized carbons (Fsp3) is 0.312. The molecule has 0 aliphatic heterocycles. The first kappa shape index (κ1) is 13.5. The molecule has 0 N–H and O–H groups in total. The number of methoxy groups -OCH3 is 1. The number of carbonyl (C=O) groups is 1. The van der Waals surface area contributed by atoms with Crippen molar-refractivity contribution in [3.05, 3.63) is 57.0 Å². The van der Waals surface area contributed by atoms with Crippen LogP contribution in [0.5, 0.6) is 0 Å². The van der Waals surface area contributed by atoms with Crippen molar-refractivity contribution in [3.8, 4) is 5.69 Å². The number of carbonyl (C=O) groups excluding carboxylic acids is 1. The lowest BCUT2D eigenvalue weighted by Gasteiger charge is -2.10. The van der Waals surface area contributed by atoms with Gasteiger partial charge in [-0.3, -0.25) is 4.79 Å². The molecule has 1 heterocycles. The molecule has 1 aliphatic rings. The van der Waals surface area contributed by atoms with Crippen LogP contribution >= 0.6 is 0 Å². The van der Waals surface area contributed by atoms with Crippen molar-refractivity contribution in [2.24, 2.45) is 0 Å². The van der Waals surface area contributed by atoms with Gasteiger partial charge < -0.3 is 4.74 Å². The average Bonchev–Trinajstić information content (AvgIpc) is 2.96. The van der Waals surface area contributed by atoms with Crippen molar-refractivity contribution in [1.82, 2.24) is 9.78 Å². The van der Waals surface area contributed by atoms with E-state index in [9.17, 15) is 9.59 Å². The van der Waals surface area contributed by atoms with E-state index in [4.69, 9.17) is 0 Å². The van der Waals surface area contributed by atoms with E-state index in [2.05, 4.69) is 22.0 Å². The summed E-state index contributed by atoms with van der Waals surface area (Å²) in [5, 5.41) is 4.13. The number of nitrogens with zero attached hydrogens (tertiary/aromatic N) is 2. The molecule has 5 heteroatoms. The van der Waals surface area contributed by atoms with Crippen LogP contribution in [0.25, 0.3) is 5.69 Å². The molecule has 0 spiro atoms. The predicted octanol–water partition coefficient (Wildman–Crippen LogP) is 1.82. The lowest BCUT2D eigenvalue weighted by atomic mass is 10.1. The molecule has 3 rings (SSSR count). The van der Waals surface area contributed by atoms with Crippen molar-refractivity contribution in [2.75, 3.05) is 7.11 Å². The summed E-state index contributed by atoms with van der Waals surface area (Å²) in [6, 6.07) is 6.12. The first-order valence-electron chi connectivity index (χ1n) is 6.91. The number of benzene rings is 1. The van der Waals surface area contributed by atoms with Crippen LogP contribution in [0.15, 0.2) is 29.2 Å². The summed E-state index contributed by atoms with van der Waals surface area (Å²) in [7, 11) is 1.24. The minimum Gasteiger partial charge on any atom is -0.464 e. The van der Waals surface area contributed by atoms with E-state index < -0.39 is 5.97 Å². The fourth-order valence-corrected chi connectivity index (χ4v) is 2.67. The van der Waals surface area contributed by atoms with Crippen LogP contribution in [0.1, 0.15) is 33.6 Å². The second-order valence-corrected chi connectivity index (χ2v) is 5.23. The Labute approximate surface area is 122 Å². The number of esters is 1. The molecule has 0 saturated heterocycles. The molecule has 0 radical (unpaired) electrons. The molecule has 0 bridgehead atoms. The molecule has 0 saturated carbocycles. The third-order valence-electron chi connectivity index (χ3n) is 3.82. The molecule has 1 aromatic heterocycles. The van der Waals surface area contributed by atoms with Crippen molar-refractivity contribution >= 4 is 5.97 Å². The van der Waals surface area contributed by atoms with E-state index in [1.807, 2.05) is 6.07 Å². The van der Waals surface area contributed by atoms with Gasteiger partial charge in [0.1, 0.15) is 0 Å². The normalized spacial score (nSPS) is 13.0. The smallest absolute Gasteiger partial charge is 0.362 e. The van der Waals surface area contributed by atoms with Crippen LogP contribution in [-0.4, -0.2) is 22.9 Å². The zero-order chi connectivity index (χ0) is 15.0. The predicted molar refractivity (Wildman–Crippen MR) is 77.9 cm³/mol. The van der Waals surface area contributed by atoms with E-state index in [0.29, 0.717) is 5.56 Å². The molecule has 0 unspecified atom stereocenters. The summed E-state index contributed by atoms with van der Waals surface area (Å²) in [6.45, 7) is 1.67. The van der Waals surface area contributed by atoms with E-state index in [0.717, 1.165) is 18.5 Å².